The number of thiazole rings is 1. The van der Waals surface area contributed by atoms with E-state index in [0.717, 1.165) is 15.8 Å². The fourth-order valence-electron chi connectivity index (χ4n) is 3.48. The third kappa shape index (κ3) is 3.90. The highest BCUT2D eigenvalue weighted by molar-refractivity contribution is 7.22. The van der Waals surface area contributed by atoms with Crippen molar-refractivity contribution in [1.29, 1.82) is 0 Å². The number of hydrogen-bond donors (Lipinski definition) is 0. The number of carbonyl (C=O) groups excluding carboxylic acids is 1. The molecule has 4 rings (SSSR count). The molecule has 0 aliphatic heterocycles. The topological polar surface area (TPSA) is 98.5 Å². The van der Waals surface area contributed by atoms with E-state index in [1.807, 2.05) is 25.1 Å². The summed E-state index contributed by atoms with van der Waals surface area (Å²) in [6.45, 7) is 3.77. The van der Waals surface area contributed by atoms with Crippen molar-refractivity contribution in [2.24, 2.45) is 0 Å². The van der Waals surface area contributed by atoms with Gasteiger partial charge in [0.2, 0.25) is 0 Å². The molecule has 2 heterocycles. The summed E-state index contributed by atoms with van der Waals surface area (Å²) in [6, 6.07) is 12.0. The van der Waals surface area contributed by atoms with Crippen molar-refractivity contribution in [3.05, 3.63) is 87.2 Å². The van der Waals surface area contributed by atoms with Gasteiger partial charge in [-0.2, -0.15) is 0 Å². The van der Waals surface area contributed by atoms with Crippen LogP contribution >= 0.6 is 11.3 Å². The molecule has 0 N–H and O–H groups in total. The van der Waals surface area contributed by atoms with E-state index in [-0.39, 0.29) is 23.7 Å². The summed E-state index contributed by atoms with van der Waals surface area (Å²) in [5.41, 5.74) is 2.97. The summed E-state index contributed by atoms with van der Waals surface area (Å²) >= 11 is 1.38. The number of anilines is 1. The van der Waals surface area contributed by atoms with Crippen molar-refractivity contribution in [3.8, 4) is 5.75 Å². The number of hydrogen-bond acceptors (Lipinski definition) is 7. The van der Waals surface area contributed by atoms with Gasteiger partial charge < -0.3 is 4.74 Å². The maximum absolute atomic E-state index is 13.7. The van der Waals surface area contributed by atoms with Gasteiger partial charge in [-0.3, -0.25) is 24.8 Å². The van der Waals surface area contributed by atoms with E-state index in [0.29, 0.717) is 22.0 Å². The molecule has 0 radical (unpaired) electrons. The van der Waals surface area contributed by atoms with Crippen LogP contribution in [-0.2, 0) is 6.54 Å². The summed E-state index contributed by atoms with van der Waals surface area (Å²) in [6.07, 6.45) is 3.34. The molecule has 162 valence electrons. The van der Waals surface area contributed by atoms with Crippen LogP contribution in [0.25, 0.3) is 10.2 Å². The van der Waals surface area contributed by atoms with Crippen molar-refractivity contribution in [1.82, 2.24) is 9.97 Å². The Labute approximate surface area is 188 Å². The van der Waals surface area contributed by atoms with E-state index in [1.54, 1.807) is 38.6 Å². The number of aromatic nitrogens is 2. The Kier molecular flexibility index (Phi) is 5.83. The molecule has 4 aromatic rings. The molecule has 0 saturated heterocycles. The zero-order valence-electron chi connectivity index (χ0n) is 17.7. The first-order chi connectivity index (χ1) is 15.4. The number of nitro groups is 1. The Balaban J connectivity index is 1.86. The first kappa shape index (κ1) is 21.4. The lowest BCUT2D eigenvalue weighted by molar-refractivity contribution is -0.385. The fourth-order valence-corrected chi connectivity index (χ4v) is 4.53. The Morgan fingerprint density at radius 3 is 2.69 bits per heavy atom. The minimum atomic E-state index is -0.483. The minimum absolute atomic E-state index is 0.0982. The molecule has 0 spiro atoms. The molecule has 32 heavy (non-hydrogen) atoms. The van der Waals surface area contributed by atoms with E-state index in [1.165, 1.54) is 28.4 Å². The highest BCUT2D eigenvalue weighted by Gasteiger charge is 2.27. The van der Waals surface area contributed by atoms with Crippen molar-refractivity contribution in [2.45, 2.75) is 20.4 Å². The fraction of sp³-hybridized carbons (Fsp3) is 0.174. The van der Waals surface area contributed by atoms with Gasteiger partial charge in [-0.25, -0.2) is 4.98 Å². The Bertz CT molecular complexity index is 1320. The van der Waals surface area contributed by atoms with Gasteiger partial charge in [0.25, 0.3) is 11.6 Å². The number of amides is 1. The van der Waals surface area contributed by atoms with Gasteiger partial charge in [-0.15, -0.1) is 0 Å². The molecule has 2 aromatic heterocycles. The van der Waals surface area contributed by atoms with E-state index in [2.05, 4.69) is 4.98 Å². The van der Waals surface area contributed by atoms with Crippen LogP contribution in [0.4, 0.5) is 10.8 Å². The van der Waals surface area contributed by atoms with Crippen molar-refractivity contribution in [3.63, 3.8) is 0 Å². The zero-order valence-corrected chi connectivity index (χ0v) is 18.5. The standard InChI is InChI=1S/C23H20N4O4S/c1-14-9-10-19(31-3)20-21(14)32-23(25-20)26(13-16-6-5-11-24-12-16)22(28)17-7-4-8-18(15(17)2)27(29)30/h4-12H,13H2,1-3H3. The lowest BCUT2D eigenvalue weighted by atomic mass is 10.1. The number of fused-ring (bicyclic) bond motifs is 1. The van der Waals surface area contributed by atoms with Gasteiger partial charge >= 0.3 is 0 Å². The lowest BCUT2D eigenvalue weighted by Gasteiger charge is -2.21. The smallest absolute Gasteiger partial charge is 0.273 e. The molecule has 0 saturated carbocycles. The number of benzene rings is 2. The second kappa shape index (κ2) is 8.72. The van der Waals surface area contributed by atoms with E-state index >= 15 is 0 Å². The molecule has 0 bridgehead atoms. The largest absolute Gasteiger partial charge is 0.494 e. The Hall–Kier alpha value is -3.85. The number of nitro benzene ring substituents is 1. The van der Waals surface area contributed by atoms with E-state index in [4.69, 9.17) is 9.72 Å². The summed E-state index contributed by atoms with van der Waals surface area (Å²) in [5, 5.41) is 11.9. The van der Waals surface area contributed by atoms with Gasteiger partial charge in [0, 0.05) is 29.6 Å². The summed E-state index contributed by atoms with van der Waals surface area (Å²) in [5.74, 6) is 0.249. The van der Waals surface area contributed by atoms with Gasteiger partial charge in [0.1, 0.15) is 11.3 Å². The Morgan fingerprint density at radius 2 is 2.00 bits per heavy atom. The Morgan fingerprint density at radius 1 is 1.19 bits per heavy atom. The highest BCUT2D eigenvalue weighted by atomic mass is 32.1. The SMILES string of the molecule is COc1ccc(C)c2sc(N(Cc3cccnc3)C(=O)c3cccc([N+](=O)[O-])c3C)nc12. The van der Waals surface area contributed by atoms with Crippen LogP contribution in [0.5, 0.6) is 5.75 Å². The van der Waals surface area contributed by atoms with Gasteiger partial charge in [-0.05, 0) is 43.2 Å². The van der Waals surface area contributed by atoms with Crippen LogP contribution in [0, 0.1) is 24.0 Å². The second-order valence-corrected chi connectivity index (χ2v) is 8.20. The summed E-state index contributed by atoms with van der Waals surface area (Å²) < 4.78 is 6.37. The van der Waals surface area contributed by atoms with Crippen molar-refractivity contribution >= 4 is 38.3 Å². The molecule has 0 aliphatic rings. The molecule has 1 amide bonds. The maximum atomic E-state index is 13.7. The van der Waals surface area contributed by atoms with Crippen LogP contribution in [0.15, 0.2) is 54.9 Å². The second-order valence-electron chi connectivity index (χ2n) is 7.22. The number of pyridine rings is 1. The first-order valence-corrected chi connectivity index (χ1v) is 10.6. The number of methoxy groups -OCH3 is 1. The lowest BCUT2D eigenvalue weighted by Crippen LogP contribution is -2.31. The molecule has 9 heteroatoms. The average molecular weight is 449 g/mol. The molecular weight excluding hydrogens is 428 g/mol. The highest BCUT2D eigenvalue weighted by Crippen LogP contribution is 2.37. The van der Waals surface area contributed by atoms with Crippen molar-refractivity contribution < 1.29 is 14.5 Å². The predicted octanol–water partition coefficient (Wildman–Crippen LogP) is 5.07. The summed E-state index contributed by atoms with van der Waals surface area (Å²) in [4.78, 5) is 35.0. The number of aryl methyl sites for hydroxylation is 1. The van der Waals surface area contributed by atoms with Gasteiger partial charge in [0.15, 0.2) is 5.13 Å². The molecule has 0 unspecified atom stereocenters. The molecule has 2 aromatic carbocycles. The number of rotatable bonds is 6. The van der Waals surface area contributed by atoms with Crippen LogP contribution in [0.1, 0.15) is 27.0 Å². The number of ether oxygens (including phenoxy) is 1. The predicted molar refractivity (Wildman–Crippen MR) is 123 cm³/mol. The quantitative estimate of drug-likeness (QED) is 0.302. The molecule has 0 aliphatic carbocycles. The maximum Gasteiger partial charge on any atom is 0.273 e. The van der Waals surface area contributed by atoms with Crippen LogP contribution in [0.3, 0.4) is 0 Å². The molecule has 8 nitrogen and oxygen atoms in total. The molecule has 0 fully saturated rings. The third-order valence-electron chi connectivity index (χ3n) is 5.18. The first-order valence-electron chi connectivity index (χ1n) is 9.79. The number of carbonyl (C=O) groups is 1. The van der Waals surface area contributed by atoms with Crippen LogP contribution < -0.4 is 9.64 Å². The zero-order chi connectivity index (χ0) is 22.8. The molecular formula is C23H20N4O4S. The third-order valence-corrected chi connectivity index (χ3v) is 6.40. The van der Waals surface area contributed by atoms with E-state index in [9.17, 15) is 14.9 Å². The average Bonchev–Trinajstić information content (AvgIpc) is 3.24. The molecule has 0 atom stereocenters. The normalized spacial score (nSPS) is 10.8. The van der Waals surface area contributed by atoms with Crippen LogP contribution in [-0.4, -0.2) is 27.9 Å². The monoisotopic (exact) mass is 448 g/mol. The van der Waals surface area contributed by atoms with Gasteiger partial charge in [-0.1, -0.05) is 29.5 Å². The summed E-state index contributed by atoms with van der Waals surface area (Å²) in [7, 11) is 1.58. The van der Waals surface area contributed by atoms with Crippen LogP contribution in [0.2, 0.25) is 0 Å². The van der Waals surface area contributed by atoms with Crippen molar-refractivity contribution in [2.75, 3.05) is 12.0 Å². The van der Waals surface area contributed by atoms with Gasteiger partial charge in [0.05, 0.1) is 23.3 Å². The minimum Gasteiger partial charge on any atom is -0.494 e. The van der Waals surface area contributed by atoms with E-state index < -0.39 is 4.92 Å². The number of nitrogens with zero attached hydrogens (tertiary/aromatic N) is 4.